The number of rotatable bonds is 6. The number of aliphatic hydroxyl groups is 1. The average molecular weight is 312 g/mol. The first-order chi connectivity index (χ1) is 9.51. The van der Waals surface area contributed by atoms with E-state index < -0.39 is 6.10 Å². The van der Waals surface area contributed by atoms with Gasteiger partial charge in [-0.15, -0.1) is 12.4 Å². The number of hydrogen-bond acceptors (Lipinski definition) is 3. The second-order valence-electron chi connectivity index (χ2n) is 5.82. The van der Waals surface area contributed by atoms with E-state index in [1.54, 1.807) is 0 Å². The summed E-state index contributed by atoms with van der Waals surface area (Å²) in [6.45, 7) is 8.91. The number of aryl methyl sites for hydroxylation is 2. The third-order valence-corrected chi connectivity index (χ3v) is 3.42. The zero-order chi connectivity index (χ0) is 14.7. The number of aliphatic hydroxyl groups excluding tert-OH is 1. The van der Waals surface area contributed by atoms with Crippen LogP contribution in [0.2, 0.25) is 0 Å². The van der Waals surface area contributed by atoms with E-state index in [9.17, 15) is 5.11 Å². The molecule has 1 heterocycles. The zero-order valence-corrected chi connectivity index (χ0v) is 14.1. The van der Waals surface area contributed by atoms with E-state index in [1.165, 1.54) is 11.1 Å². The molecule has 0 aliphatic rings. The van der Waals surface area contributed by atoms with Gasteiger partial charge in [0.15, 0.2) is 0 Å². The van der Waals surface area contributed by atoms with E-state index in [1.807, 2.05) is 6.07 Å². The van der Waals surface area contributed by atoms with Crippen LogP contribution in [0.15, 0.2) is 22.6 Å². The Morgan fingerprint density at radius 2 is 1.95 bits per heavy atom. The van der Waals surface area contributed by atoms with Crippen molar-refractivity contribution >= 4 is 23.4 Å². The van der Waals surface area contributed by atoms with Crippen LogP contribution in [0.25, 0.3) is 11.0 Å². The maximum Gasteiger partial charge on any atom is 0.137 e. The van der Waals surface area contributed by atoms with Crippen LogP contribution >= 0.6 is 12.4 Å². The molecule has 2 rings (SSSR count). The Kier molecular flexibility index (Phi) is 6.72. The van der Waals surface area contributed by atoms with Crippen molar-refractivity contribution in [1.29, 1.82) is 0 Å². The first kappa shape index (κ1) is 18.0. The lowest BCUT2D eigenvalue weighted by molar-refractivity contribution is 0.147. The summed E-state index contributed by atoms with van der Waals surface area (Å²) in [7, 11) is 0. The molecule has 118 valence electrons. The van der Waals surface area contributed by atoms with Gasteiger partial charge in [0, 0.05) is 18.0 Å². The van der Waals surface area contributed by atoms with E-state index in [0.29, 0.717) is 18.3 Å². The zero-order valence-electron chi connectivity index (χ0n) is 13.3. The van der Waals surface area contributed by atoms with Crippen molar-refractivity contribution in [2.24, 2.45) is 0 Å². The minimum absolute atomic E-state index is 0. The number of fused-ring (bicyclic) bond motifs is 1. The highest BCUT2D eigenvalue weighted by atomic mass is 35.5. The maximum absolute atomic E-state index is 10.2. The first-order valence-corrected chi connectivity index (χ1v) is 7.45. The Bertz CT molecular complexity index is 577. The van der Waals surface area contributed by atoms with Crippen LogP contribution in [0, 0.1) is 6.92 Å². The van der Waals surface area contributed by atoms with Crippen LogP contribution in [-0.4, -0.2) is 17.7 Å². The van der Waals surface area contributed by atoms with Crippen molar-refractivity contribution in [2.45, 2.75) is 52.7 Å². The minimum Gasteiger partial charge on any atom is -0.458 e. The summed E-state index contributed by atoms with van der Waals surface area (Å²) in [5.41, 5.74) is 3.40. The number of furan rings is 1. The van der Waals surface area contributed by atoms with Crippen LogP contribution in [0.1, 0.15) is 50.2 Å². The van der Waals surface area contributed by atoms with Crippen LogP contribution in [0.5, 0.6) is 0 Å². The van der Waals surface area contributed by atoms with Crippen molar-refractivity contribution in [1.82, 2.24) is 5.32 Å². The molecule has 0 saturated carbocycles. The largest absolute Gasteiger partial charge is 0.458 e. The van der Waals surface area contributed by atoms with Crippen molar-refractivity contribution < 1.29 is 9.52 Å². The van der Waals surface area contributed by atoms with Crippen molar-refractivity contribution in [2.75, 3.05) is 6.54 Å². The van der Waals surface area contributed by atoms with Crippen LogP contribution < -0.4 is 5.32 Å². The summed E-state index contributed by atoms with van der Waals surface area (Å²) < 4.78 is 5.91. The van der Waals surface area contributed by atoms with Crippen molar-refractivity contribution in [3.63, 3.8) is 0 Å². The van der Waals surface area contributed by atoms with E-state index in [-0.39, 0.29) is 12.4 Å². The van der Waals surface area contributed by atoms with E-state index >= 15 is 0 Å². The molecule has 2 N–H and O–H groups in total. The van der Waals surface area contributed by atoms with Gasteiger partial charge in [0.1, 0.15) is 17.4 Å². The Labute approximate surface area is 133 Å². The van der Waals surface area contributed by atoms with E-state index in [0.717, 1.165) is 23.8 Å². The van der Waals surface area contributed by atoms with Gasteiger partial charge in [0.05, 0.1) is 0 Å². The van der Waals surface area contributed by atoms with Crippen LogP contribution in [0.3, 0.4) is 0 Å². The van der Waals surface area contributed by atoms with Crippen molar-refractivity contribution in [3.05, 3.63) is 35.1 Å². The SMILES string of the molecule is CCCc1cc(C)cc2cc(C(O)CNC(C)C)oc12.Cl. The topological polar surface area (TPSA) is 45.4 Å². The van der Waals surface area contributed by atoms with Crippen molar-refractivity contribution in [3.8, 4) is 0 Å². The molecule has 0 saturated heterocycles. The summed E-state index contributed by atoms with van der Waals surface area (Å²) in [6, 6.07) is 6.61. The molecule has 0 spiro atoms. The van der Waals surface area contributed by atoms with Gasteiger partial charge >= 0.3 is 0 Å². The quantitative estimate of drug-likeness (QED) is 0.842. The number of hydrogen-bond donors (Lipinski definition) is 2. The first-order valence-electron chi connectivity index (χ1n) is 7.45. The maximum atomic E-state index is 10.2. The standard InChI is InChI=1S/C17H25NO2.ClH/c1-5-6-13-7-12(4)8-14-9-16(20-17(13)14)15(19)10-18-11(2)3;/h7-9,11,15,18-19H,5-6,10H2,1-4H3;1H. The molecule has 0 aliphatic heterocycles. The Morgan fingerprint density at radius 3 is 2.57 bits per heavy atom. The molecule has 2 aromatic rings. The van der Waals surface area contributed by atoms with E-state index in [2.05, 4.69) is 45.1 Å². The van der Waals surface area contributed by atoms with Crippen LogP contribution in [-0.2, 0) is 6.42 Å². The van der Waals surface area contributed by atoms with Gasteiger partial charge in [-0.3, -0.25) is 0 Å². The minimum atomic E-state index is -0.598. The van der Waals surface area contributed by atoms with Crippen LogP contribution in [0.4, 0.5) is 0 Å². The Morgan fingerprint density at radius 1 is 1.24 bits per heavy atom. The molecule has 1 aromatic heterocycles. The predicted octanol–water partition coefficient (Wildman–Crippen LogP) is 4.15. The summed E-state index contributed by atoms with van der Waals surface area (Å²) in [5, 5.41) is 14.5. The monoisotopic (exact) mass is 311 g/mol. The predicted molar refractivity (Wildman–Crippen MR) is 90.3 cm³/mol. The lowest BCUT2D eigenvalue weighted by Crippen LogP contribution is -2.27. The number of halogens is 1. The molecule has 3 nitrogen and oxygen atoms in total. The Balaban J connectivity index is 0.00000220. The average Bonchev–Trinajstić information content (AvgIpc) is 2.80. The third kappa shape index (κ3) is 4.47. The van der Waals surface area contributed by atoms with Gasteiger partial charge in [-0.25, -0.2) is 0 Å². The van der Waals surface area contributed by atoms with Gasteiger partial charge in [0.2, 0.25) is 0 Å². The molecule has 21 heavy (non-hydrogen) atoms. The molecule has 0 aliphatic carbocycles. The fraction of sp³-hybridized carbons (Fsp3) is 0.529. The smallest absolute Gasteiger partial charge is 0.137 e. The summed E-state index contributed by atoms with van der Waals surface area (Å²) >= 11 is 0. The second-order valence-corrected chi connectivity index (χ2v) is 5.82. The number of nitrogens with one attached hydrogen (secondary N) is 1. The highest BCUT2D eigenvalue weighted by Gasteiger charge is 2.15. The highest BCUT2D eigenvalue weighted by molar-refractivity contribution is 5.85. The third-order valence-electron chi connectivity index (χ3n) is 3.42. The molecular weight excluding hydrogens is 286 g/mol. The summed E-state index contributed by atoms with van der Waals surface area (Å²) in [4.78, 5) is 0. The molecule has 1 unspecified atom stereocenters. The lowest BCUT2D eigenvalue weighted by Gasteiger charge is -2.11. The van der Waals surface area contributed by atoms with Gasteiger partial charge in [-0.05, 0) is 36.6 Å². The molecule has 0 amide bonds. The lowest BCUT2D eigenvalue weighted by atomic mass is 10.0. The fourth-order valence-corrected chi connectivity index (χ4v) is 2.48. The second kappa shape index (κ2) is 7.83. The van der Waals surface area contributed by atoms with Gasteiger partial charge < -0.3 is 14.8 Å². The normalized spacial score (nSPS) is 12.7. The molecule has 1 aromatic carbocycles. The van der Waals surface area contributed by atoms with Gasteiger partial charge in [-0.2, -0.15) is 0 Å². The molecular formula is C17H26ClNO2. The number of benzene rings is 1. The summed E-state index contributed by atoms with van der Waals surface area (Å²) in [6.07, 6.45) is 1.50. The fourth-order valence-electron chi connectivity index (χ4n) is 2.48. The van der Waals surface area contributed by atoms with Gasteiger partial charge in [0.25, 0.3) is 0 Å². The molecule has 0 radical (unpaired) electrons. The van der Waals surface area contributed by atoms with Gasteiger partial charge in [-0.1, -0.05) is 33.3 Å². The molecule has 1 atom stereocenters. The van der Waals surface area contributed by atoms with E-state index in [4.69, 9.17) is 4.42 Å². The Hall–Kier alpha value is -1.03. The summed E-state index contributed by atoms with van der Waals surface area (Å²) in [5.74, 6) is 0.649. The highest BCUT2D eigenvalue weighted by Crippen LogP contribution is 2.28. The molecule has 0 fully saturated rings. The molecule has 4 heteroatoms. The molecule has 0 bridgehead atoms.